The fourth-order valence-electron chi connectivity index (χ4n) is 3.66. The maximum absolute atomic E-state index is 9.60. The summed E-state index contributed by atoms with van der Waals surface area (Å²) in [7, 11) is 1.57. The molecule has 0 atom stereocenters. The molecule has 126 valence electrons. The largest absolute Gasteiger partial charge is 0.486 e. The van der Waals surface area contributed by atoms with Crippen molar-refractivity contribution in [3.8, 4) is 6.07 Å². The fraction of sp³-hybridized carbons (Fsp3) is 0.684. The Balaban J connectivity index is 2.10. The van der Waals surface area contributed by atoms with Crippen LogP contribution in [0.15, 0.2) is 27.4 Å². The van der Waals surface area contributed by atoms with Crippen LogP contribution in [0.25, 0.3) is 0 Å². The van der Waals surface area contributed by atoms with E-state index in [1.807, 2.05) is 6.92 Å². The third-order valence-electron chi connectivity index (χ3n) is 5.07. The first-order chi connectivity index (χ1) is 11.2. The van der Waals surface area contributed by atoms with Gasteiger partial charge in [0.1, 0.15) is 6.07 Å². The van der Waals surface area contributed by atoms with Crippen molar-refractivity contribution in [3.63, 3.8) is 0 Å². The summed E-state index contributed by atoms with van der Waals surface area (Å²) in [5.41, 5.74) is 3.95. The molecular formula is C19H29N3O. The van der Waals surface area contributed by atoms with Crippen LogP contribution >= 0.6 is 0 Å². The Bertz CT molecular complexity index is 533. The number of hydrogen-bond donors (Lipinski definition) is 0. The number of rotatable bonds is 5. The lowest BCUT2D eigenvalue weighted by Crippen LogP contribution is -2.36. The molecule has 2 rings (SSSR count). The van der Waals surface area contributed by atoms with Gasteiger partial charge in [0.15, 0.2) is 6.40 Å². The van der Waals surface area contributed by atoms with Gasteiger partial charge < -0.3 is 4.74 Å². The third kappa shape index (κ3) is 4.94. The predicted molar refractivity (Wildman–Crippen MR) is 94.1 cm³/mol. The van der Waals surface area contributed by atoms with Crippen LogP contribution in [-0.4, -0.2) is 38.0 Å². The highest BCUT2D eigenvalue weighted by Crippen LogP contribution is 2.29. The van der Waals surface area contributed by atoms with E-state index in [0.717, 1.165) is 31.1 Å². The molecule has 1 aliphatic heterocycles. The van der Waals surface area contributed by atoms with Gasteiger partial charge in [-0.2, -0.15) is 5.26 Å². The van der Waals surface area contributed by atoms with Gasteiger partial charge in [-0.1, -0.05) is 24.8 Å². The zero-order valence-electron chi connectivity index (χ0n) is 14.8. The molecule has 0 amide bonds. The Morgan fingerprint density at radius 2 is 2.13 bits per heavy atom. The number of nitriles is 1. The van der Waals surface area contributed by atoms with Crippen molar-refractivity contribution in [2.45, 2.75) is 52.4 Å². The minimum absolute atomic E-state index is 0.712. The van der Waals surface area contributed by atoms with Gasteiger partial charge in [0.25, 0.3) is 0 Å². The molecule has 1 aliphatic carbocycles. The third-order valence-corrected chi connectivity index (χ3v) is 5.07. The molecule has 4 nitrogen and oxygen atoms in total. The summed E-state index contributed by atoms with van der Waals surface area (Å²) < 4.78 is 4.88. The van der Waals surface area contributed by atoms with E-state index in [4.69, 9.17) is 4.74 Å². The van der Waals surface area contributed by atoms with Crippen LogP contribution < -0.4 is 0 Å². The predicted octanol–water partition coefficient (Wildman–Crippen LogP) is 4.06. The van der Waals surface area contributed by atoms with Crippen LogP contribution in [0.5, 0.6) is 0 Å². The molecule has 1 heterocycles. The lowest BCUT2D eigenvalue weighted by atomic mass is 9.87. The van der Waals surface area contributed by atoms with Crippen molar-refractivity contribution < 1.29 is 4.74 Å². The number of nitrogens with zero attached hydrogens (tertiary/aromatic N) is 3. The Kier molecular flexibility index (Phi) is 6.85. The highest BCUT2D eigenvalue weighted by atomic mass is 16.5. The summed E-state index contributed by atoms with van der Waals surface area (Å²) in [4.78, 5) is 6.75. The van der Waals surface area contributed by atoms with E-state index in [2.05, 4.69) is 22.9 Å². The molecule has 0 aromatic carbocycles. The second-order valence-electron chi connectivity index (χ2n) is 6.79. The molecule has 0 radical (unpaired) electrons. The topological polar surface area (TPSA) is 48.6 Å². The zero-order valence-corrected chi connectivity index (χ0v) is 14.8. The zero-order chi connectivity index (χ0) is 16.7. The van der Waals surface area contributed by atoms with E-state index in [9.17, 15) is 5.26 Å². The van der Waals surface area contributed by atoms with Crippen LogP contribution in [0.1, 0.15) is 52.4 Å². The lowest BCUT2D eigenvalue weighted by molar-refractivity contribution is 0.208. The smallest absolute Gasteiger partial charge is 0.173 e. The van der Waals surface area contributed by atoms with E-state index in [1.165, 1.54) is 56.2 Å². The van der Waals surface area contributed by atoms with Crippen LogP contribution in [0.4, 0.5) is 0 Å². The summed E-state index contributed by atoms with van der Waals surface area (Å²) in [5, 5.41) is 9.60. The Morgan fingerprint density at radius 1 is 1.39 bits per heavy atom. The van der Waals surface area contributed by atoms with Crippen molar-refractivity contribution in [2.75, 3.05) is 26.7 Å². The highest BCUT2D eigenvalue weighted by molar-refractivity contribution is 5.54. The van der Waals surface area contributed by atoms with Crippen molar-refractivity contribution in [1.82, 2.24) is 4.90 Å². The van der Waals surface area contributed by atoms with Gasteiger partial charge in [0.05, 0.1) is 18.4 Å². The van der Waals surface area contributed by atoms with Gasteiger partial charge in [-0.05, 0) is 44.6 Å². The maximum Gasteiger partial charge on any atom is 0.173 e. The molecule has 0 bridgehead atoms. The Morgan fingerprint density at radius 3 is 2.78 bits per heavy atom. The van der Waals surface area contributed by atoms with Gasteiger partial charge in [0.2, 0.25) is 0 Å². The average Bonchev–Trinajstić information content (AvgIpc) is 2.57. The first kappa shape index (κ1) is 17.7. The fourth-order valence-corrected chi connectivity index (χ4v) is 3.66. The summed E-state index contributed by atoms with van der Waals surface area (Å²) in [6, 6.07) is 2.36. The second-order valence-corrected chi connectivity index (χ2v) is 6.79. The minimum atomic E-state index is 0.712. The van der Waals surface area contributed by atoms with Crippen molar-refractivity contribution in [2.24, 2.45) is 10.9 Å². The van der Waals surface area contributed by atoms with Gasteiger partial charge in [-0.3, -0.25) is 4.90 Å². The minimum Gasteiger partial charge on any atom is -0.486 e. The molecular weight excluding hydrogens is 286 g/mol. The summed E-state index contributed by atoms with van der Waals surface area (Å²) in [5.74, 6) is 0.838. The van der Waals surface area contributed by atoms with Gasteiger partial charge in [0, 0.05) is 19.6 Å². The summed E-state index contributed by atoms with van der Waals surface area (Å²) >= 11 is 0. The summed E-state index contributed by atoms with van der Waals surface area (Å²) in [6.07, 6.45) is 9.35. The quantitative estimate of drug-likeness (QED) is 0.437. The molecule has 0 aromatic rings. The van der Waals surface area contributed by atoms with E-state index in [1.54, 1.807) is 7.11 Å². The van der Waals surface area contributed by atoms with E-state index >= 15 is 0 Å². The van der Waals surface area contributed by atoms with Gasteiger partial charge in [-0.25, -0.2) is 4.99 Å². The van der Waals surface area contributed by atoms with E-state index in [-0.39, 0.29) is 0 Å². The van der Waals surface area contributed by atoms with Gasteiger partial charge in [-0.15, -0.1) is 0 Å². The molecule has 0 spiro atoms. The van der Waals surface area contributed by atoms with E-state index in [0.29, 0.717) is 5.57 Å². The number of methoxy groups -OCH3 is 1. The van der Waals surface area contributed by atoms with Crippen LogP contribution in [0.3, 0.4) is 0 Å². The monoisotopic (exact) mass is 315 g/mol. The summed E-state index contributed by atoms with van der Waals surface area (Å²) in [6.45, 7) is 7.21. The second kappa shape index (κ2) is 8.88. The highest BCUT2D eigenvalue weighted by Gasteiger charge is 2.23. The van der Waals surface area contributed by atoms with Crippen LogP contribution in [-0.2, 0) is 4.74 Å². The molecule has 2 aliphatic rings. The molecule has 0 N–H and O–H groups in total. The average molecular weight is 315 g/mol. The van der Waals surface area contributed by atoms with Gasteiger partial charge >= 0.3 is 0 Å². The number of allylic oxidation sites excluding steroid dienone is 1. The molecule has 1 fully saturated rings. The molecule has 0 saturated heterocycles. The number of aliphatic imine (C=N–C) groups is 1. The van der Waals surface area contributed by atoms with E-state index < -0.39 is 0 Å². The van der Waals surface area contributed by atoms with Crippen molar-refractivity contribution in [1.29, 1.82) is 5.26 Å². The van der Waals surface area contributed by atoms with Crippen LogP contribution in [0.2, 0.25) is 0 Å². The van der Waals surface area contributed by atoms with Crippen molar-refractivity contribution in [3.05, 3.63) is 22.4 Å². The molecule has 0 aromatic heterocycles. The van der Waals surface area contributed by atoms with Crippen LogP contribution in [0, 0.1) is 17.2 Å². The first-order valence-electron chi connectivity index (χ1n) is 8.73. The molecule has 4 heteroatoms. The lowest BCUT2D eigenvalue weighted by Gasteiger charge is -2.34. The normalized spacial score (nSPS) is 22.2. The SMILES string of the molecule is COC=N/C(C)=C(\C#N)C1=C(C)CCN(CC2CCCCC2)C1. The van der Waals surface area contributed by atoms with Crippen molar-refractivity contribution >= 4 is 6.40 Å². The Labute approximate surface area is 140 Å². The maximum atomic E-state index is 9.60. The number of hydrogen-bond acceptors (Lipinski definition) is 4. The Hall–Kier alpha value is -1.60. The number of ether oxygens (including phenoxy) is 1. The molecule has 1 saturated carbocycles. The molecule has 0 unspecified atom stereocenters. The molecule has 23 heavy (non-hydrogen) atoms. The first-order valence-corrected chi connectivity index (χ1v) is 8.73. The standard InChI is InChI=1S/C19H29N3O/c1-15-9-10-22(12-17-7-5-4-6-8-17)13-19(15)18(11-20)16(2)21-14-23-3/h14,17H,4-10,12-13H2,1-3H3/b18-16+,21-14?.